The molecule has 0 atom stereocenters. The molecule has 1 fully saturated rings. The molecule has 0 aliphatic heterocycles. The van der Waals surface area contributed by atoms with Gasteiger partial charge >= 0.3 is 0 Å². The Morgan fingerprint density at radius 2 is 1.94 bits per heavy atom. The standard InChI is InChI=1S/C14H21NO/c15-14(8-2-1-3-9-14)13-6-4-5-12(11-13)7-10-16/h4-6,11,16H,1-3,7-10,15H2. The van der Waals surface area contributed by atoms with Gasteiger partial charge in [0.2, 0.25) is 0 Å². The first-order valence-electron chi connectivity index (χ1n) is 6.24. The molecule has 2 nitrogen and oxygen atoms in total. The quantitative estimate of drug-likeness (QED) is 0.819. The van der Waals surface area contributed by atoms with E-state index in [1.165, 1.54) is 30.4 Å². The number of hydrogen-bond acceptors (Lipinski definition) is 2. The molecule has 1 saturated carbocycles. The van der Waals surface area contributed by atoms with Crippen LogP contribution in [0.3, 0.4) is 0 Å². The Hall–Kier alpha value is -0.860. The van der Waals surface area contributed by atoms with Crippen LogP contribution >= 0.6 is 0 Å². The topological polar surface area (TPSA) is 46.2 Å². The fourth-order valence-electron chi connectivity index (χ4n) is 2.64. The third kappa shape index (κ3) is 2.45. The molecule has 16 heavy (non-hydrogen) atoms. The van der Waals surface area contributed by atoms with E-state index in [1.807, 2.05) is 0 Å². The van der Waals surface area contributed by atoms with Gasteiger partial charge in [0.15, 0.2) is 0 Å². The third-order valence-electron chi connectivity index (χ3n) is 3.65. The molecule has 0 heterocycles. The average Bonchev–Trinajstić information content (AvgIpc) is 2.31. The summed E-state index contributed by atoms with van der Waals surface area (Å²) in [6.07, 6.45) is 6.70. The first-order valence-corrected chi connectivity index (χ1v) is 6.24. The van der Waals surface area contributed by atoms with Gasteiger partial charge in [0, 0.05) is 12.1 Å². The second kappa shape index (κ2) is 4.98. The van der Waals surface area contributed by atoms with Gasteiger partial charge in [-0.3, -0.25) is 0 Å². The lowest BCUT2D eigenvalue weighted by Crippen LogP contribution is -2.38. The molecule has 0 spiro atoms. The molecular formula is C14H21NO. The summed E-state index contributed by atoms with van der Waals surface area (Å²) in [5.74, 6) is 0. The summed E-state index contributed by atoms with van der Waals surface area (Å²) < 4.78 is 0. The van der Waals surface area contributed by atoms with Crippen LogP contribution in [0.1, 0.15) is 43.2 Å². The Morgan fingerprint density at radius 1 is 1.19 bits per heavy atom. The Kier molecular flexibility index (Phi) is 3.62. The van der Waals surface area contributed by atoms with E-state index >= 15 is 0 Å². The van der Waals surface area contributed by atoms with Gasteiger partial charge in [0.1, 0.15) is 0 Å². The number of rotatable bonds is 3. The van der Waals surface area contributed by atoms with Gasteiger partial charge in [-0.05, 0) is 30.4 Å². The van der Waals surface area contributed by atoms with Crippen LogP contribution in [0.15, 0.2) is 24.3 Å². The zero-order valence-corrected chi connectivity index (χ0v) is 9.78. The van der Waals surface area contributed by atoms with Gasteiger partial charge in [-0.1, -0.05) is 43.5 Å². The van der Waals surface area contributed by atoms with E-state index in [9.17, 15) is 0 Å². The molecule has 1 aromatic carbocycles. The molecule has 88 valence electrons. The van der Waals surface area contributed by atoms with E-state index in [0.717, 1.165) is 19.3 Å². The number of aliphatic hydroxyl groups is 1. The molecule has 0 radical (unpaired) electrons. The van der Waals surface area contributed by atoms with Crippen LogP contribution in [0.2, 0.25) is 0 Å². The highest BCUT2D eigenvalue weighted by atomic mass is 16.2. The molecular weight excluding hydrogens is 198 g/mol. The van der Waals surface area contributed by atoms with E-state index in [0.29, 0.717) is 0 Å². The lowest BCUT2D eigenvalue weighted by atomic mass is 9.77. The zero-order chi connectivity index (χ0) is 11.4. The largest absolute Gasteiger partial charge is 0.396 e. The molecule has 3 N–H and O–H groups in total. The minimum atomic E-state index is -0.121. The smallest absolute Gasteiger partial charge is 0.0471 e. The second-order valence-corrected chi connectivity index (χ2v) is 4.89. The Morgan fingerprint density at radius 3 is 2.62 bits per heavy atom. The van der Waals surface area contributed by atoms with E-state index in [4.69, 9.17) is 10.8 Å². The summed E-state index contributed by atoms with van der Waals surface area (Å²) in [7, 11) is 0. The van der Waals surface area contributed by atoms with Crippen molar-refractivity contribution in [3.05, 3.63) is 35.4 Å². The average molecular weight is 219 g/mol. The maximum atomic E-state index is 8.95. The van der Waals surface area contributed by atoms with Crippen molar-refractivity contribution >= 4 is 0 Å². The molecule has 1 aromatic rings. The van der Waals surface area contributed by atoms with Gasteiger partial charge in [-0.25, -0.2) is 0 Å². The second-order valence-electron chi connectivity index (χ2n) is 4.89. The fourth-order valence-corrected chi connectivity index (χ4v) is 2.64. The van der Waals surface area contributed by atoms with Gasteiger partial charge in [-0.15, -0.1) is 0 Å². The predicted molar refractivity (Wildman–Crippen MR) is 66.2 cm³/mol. The maximum Gasteiger partial charge on any atom is 0.0471 e. The van der Waals surface area contributed by atoms with Gasteiger partial charge < -0.3 is 10.8 Å². The number of nitrogens with two attached hydrogens (primary N) is 1. The minimum absolute atomic E-state index is 0.121. The molecule has 0 amide bonds. The van der Waals surface area contributed by atoms with Crippen LogP contribution in [-0.2, 0) is 12.0 Å². The fraction of sp³-hybridized carbons (Fsp3) is 0.571. The Bertz CT molecular complexity index is 342. The molecule has 0 unspecified atom stereocenters. The van der Waals surface area contributed by atoms with E-state index in [2.05, 4.69) is 24.3 Å². The summed E-state index contributed by atoms with van der Waals surface area (Å²) >= 11 is 0. The Labute approximate surface area is 97.5 Å². The molecule has 0 saturated heterocycles. The van der Waals surface area contributed by atoms with Crippen molar-refractivity contribution in [2.45, 2.75) is 44.1 Å². The van der Waals surface area contributed by atoms with E-state index in [1.54, 1.807) is 0 Å². The monoisotopic (exact) mass is 219 g/mol. The van der Waals surface area contributed by atoms with Crippen molar-refractivity contribution < 1.29 is 5.11 Å². The maximum absolute atomic E-state index is 8.95. The minimum Gasteiger partial charge on any atom is -0.396 e. The number of aliphatic hydroxyl groups excluding tert-OH is 1. The van der Waals surface area contributed by atoms with Crippen LogP contribution in [-0.4, -0.2) is 11.7 Å². The number of hydrogen-bond donors (Lipinski definition) is 2. The third-order valence-corrected chi connectivity index (χ3v) is 3.65. The molecule has 2 heteroatoms. The molecule has 1 aliphatic rings. The summed E-state index contributed by atoms with van der Waals surface area (Å²) in [6, 6.07) is 8.42. The summed E-state index contributed by atoms with van der Waals surface area (Å²) in [5, 5.41) is 8.95. The van der Waals surface area contributed by atoms with E-state index in [-0.39, 0.29) is 12.1 Å². The summed E-state index contributed by atoms with van der Waals surface area (Å²) in [6.45, 7) is 0.209. The van der Waals surface area contributed by atoms with Crippen molar-refractivity contribution in [3.8, 4) is 0 Å². The van der Waals surface area contributed by atoms with Crippen molar-refractivity contribution in [1.82, 2.24) is 0 Å². The van der Waals surface area contributed by atoms with Gasteiger partial charge in [0.25, 0.3) is 0 Å². The first kappa shape index (κ1) is 11.6. The van der Waals surface area contributed by atoms with Crippen molar-refractivity contribution in [2.75, 3.05) is 6.61 Å². The highest BCUT2D eigenvalue weighted by Crippen LogP contribution is 2.34. The summed E-state index contributed by atoms with van der Waals surface area (Å²) in [4.78, 5) is 0. The van der Waals surface area contributed by atoms with Crippen LogP contribution in [0.4, 0.5) is 0 Å². The zero-order valence-electron chi connectivity index (χ0n) is 9.78. The van der Waals surface area contributed by atoms with Crippen molar-refractivity contribution in [1.29, 1.82) is 0 Å². The molecule has 0 bridgehead atoms. The normalized spacial score (nSPS) is 19.6. The van der Waals surface area contributed by atoms with Crippen molar-refractivity contribution in [2.24, 2.45) is 5.73 Å². The summed E-state index contributed by atoms with van der Waals surface area (Å²) in [5.41, 5.74) is 8.80. The predicted octanol–water partition coefficient (Wildman–Crippen LogP) is 2.34. The molecule has 1 aliphatic carbocycles. The van der Waals surface area contributed by atoms with Crippen LogP contribution in [0.25, 0.3) is 0 Å². The van der Waals surface area contributed by atoms with Crippen LogP contribution < -0.4 is 5.73 Å². The van der Waals surface area contributed by atoms with Gasteiger partial charge in [-0.2, -0.15) is 0 Å². The highest BCUT2D eigenvalue weighted by Gasteiger charge is 2.29. The van der Waals surface area contributed by atoms with E-state index < -0.39 is 0 Å². The molecule has 0 aromatic heterocycles. The SMILES string of the molecule is NC1(c2cccc(CCO)c2)CCCCC1. The Balaban J connectivity index is 2.21. The van der Waals surface area contributed by atoms with Crippen LogP contribution in [0.5, 0.6) is 0 Å². The first-order chi connectivity index (χ1) is 7.74. The van der Waals surface area contributed by atoms with Crippen LogP contribution in [0, 0.1) is 0 Å². The van der Waals surface area contributed by atoms with Crippen molar-refractivity contribution in [3.63, 3.8) is 0 Å². The lowest BCUT2D eigenvalue weighted by molar-refractivity contribution is 0.296. The lowest BCUT2D eigenvalue weighted by Gasteiger charge is -2.34. The van der Waals surface area contributed by atoms with Gasteiger partial charge in [0.05, 0.1) is 0 Å². The molecule has 2 rings (SSSR count). The highest BCUT2D eigenvalue weighted by molar-refractivity contribution is 5.30. The number of benzene rings is 1.